The van der Waals surface area contributed by atoms with Crippen molar-refractivity contribution in [2.75, 3.05) is 27.2 Å². The fraction of sp³-hybridized carbons (Fsp3) is 0.719. The zero-order valence-electron chi connectivity index (χ0n) is 28.6. The fourth-order valence-corrected chi connectivity index (χ4v) is 7.90. The number of carbonyl (C=O) groups excluding carboxylic acids is 1. The third-order valence-corrected chi connectivity index (χ3v) is 10.6. The molecule has 0 bridgehead atoms. The van der Waals surface area contributed by atoms with E-state index in [0.29, 0.717) is 25.1 Å². The van der Waals surface area contributed by atoms with E-state index in [2.05, 4.69) is 10.6 Å². The third-order valence-electron chi connectivity index (χ3n) is 8.72. The summed E-state index contributed by atoms with van der Waals surface area (Å²) in [6.07, 6.45) is -5.60. The van der Waals surface area contributed by atoms with Crippen LogP contribution >= 0.6 is 0 Å². The second-order valence-electron chi connectivity index (χ2n) is 14.1. The summed E-state index contributed by atoms with van der Waals surface area (Å²) < 4.78 is 57.5. The minimum atomic E-state index is -4.14. The summed E-state index contributed by atoms with van der Waals surface area (Å²) in [6.45, 7) is 8.51. The summed E-state index contributed by atoms with van der Waals surface area (Å²) in [4.78, 5) is 12.6. The molecule has 1 amide bonds. The summed E-state index contributed by atoms with van der Waals surface area (Å²) in [5.41, 5.74) is 3.95. The van der Waals surface area contributed by atoms with Gasteiger partial charge in [-0.15, -0.1) is 0 Å². The largest absolute Gasteiger partial charge is 0.466 e. The van der Waals surface area contributed by atoms with Crippen molar-refractivity contribution in [2.45, 2.75) is 119 Å². The van der Waals surface area contributed by atoms with E-state index in [1.54, 1.807) is 46.0 Å². The average molecular weight is 701 g/mol. The number of alkyl carbamates (subject to hydrolysis) is 1. The van der Waals surface area contributed by atoms with Crippen LogP contribution in [0, 0.1) is 5.92 Å². The van der Waals surface area contributed by atoms with Gasteiger partial charge in [-0.2, -0.15) is 4.31 Å². The summed E-state index contributed by atoms with van der Waals surface area (Å²) in [7, 11) is -1.11. The van der Waals surface area contributed by atoms with Crippen molar-refractivity contribution in [1.82, 2.24) is 14.9 Å². The molecule has 272 valence electrons. The van der Waals surface area contributed by atoms with Crippen molar-refractivity contribution < 1.29 is 52.2 Å². The van der Waals surface area contributed by atoms with E-state index in [-0.39, 0.29) is 17.4 Å². The lowest BCUT2D eigenvalue weighted by Gasteiger charge is -2.49. The van der Waals surface area contributed by atoms with E-state index in [9.17, 15) is 28.5 Å². The number of aliphatic hydroxyl groups excluding tert-OH is 2. The van der Waals surface area contributed by atoms with Crippen LogP contribution in [0.4, 0.5) is 4.79 Å². The second-order valence-corrected chi connectivity index (χ2v) is 16.0. The molecule has 1 saturated carbocycles. The second kappa shape index (κ2) is 15.2. The Morgan fingerprint density at radius 3 is 2.40 bits per heavy atom. The Hall–Kier alpha value is -2.38. The normalized spacial score (nSPS) is 36.2. The van der Waals surface area contributed by atoms with Crippen molar-refractivity contribution in [3.63, 3.8) is 0 Å². The first kappa shape index (κ1) is 38.4. The SMILES string of the molecule is CNCC1=CC[C@@H](NC(=O)OC(C)(C)C)[C@@H](O[C@H]2[C@H](O)[C@@H](O[C@H]3OC[C@](C)(O)[C@H](N(C)S(=O)(=O)c4ccccc4)[C@H]3O)[C@H](N)C[C@@H]2C)O1. The Morgan fingerprint density at radius 1 is 1.12 bits per heavy atom. The van der Waals surface area contributed by atoms with Gasteiger partial charge in [0, 0.05) is 13.1 Å². The number of ether oxygens (including phenoxy) is 5. The molecule has 2 fully saturated rings. The molecular formula is C32H52N4O11S. The third kappa shape index (κ3) is 8.85. The molecular weight excluding hydrogens is 648 g/mol. The van der Waals surface area contributed by atoms with E-state index in [1.807, 2.05) is 13.0 Å². The number of sulfonamides is 1. The van der Waals surface area contributed by atoms with Gasteiger partial charge in [0.05, 0.1) is 36.2 Å². The van der Waals surface area contributed by atoms with Crippen LogP contribution < -0.4 is 16.4 Å². The van der Waals surface area contributed by atoms with E-state index in [0.717, 1.165) is 4.31 Å². The van der Waals surface area contributed by atoms with Crippen molar-refractivity contribution in [3.8, 4) is 0 Å². The molecule has 16 heteroatoms. The first-order chi connectivity index (χ1) is 22.4. The Morgan fingerprint density at radius 2 is 1.77 bits per heavy atom. The van der Waals surface area contributed by atoms with E-state index < -0.39 is 82.4 Å². The molecule has 2 aliphatic heterocycles. The highest BCUT2D eigenvalue weighted by Crippen LogP contribution is 2.36. The molecule has 11 atom stereocenters. The Labute approximate surface area is 282 Å². The maximum absolute atomic E-state index is 13.5. The van der Waals surface area contributed by atoms with E-state index in [4.69, 9.17) is 29.4 Å². The highest BCUT2D eigenvalue weighted by molar-refractivity contribution is 7.89. The minimum Gasteiger partial charge on any atom is -0.466 e. The maximum atomic E-state index is 13.5. The number of hydrogen-bond acceptors (Lipinski definition) is 13. The monoisotopic (exact) mass is 700 g/mol. The molecule has 2 heterocycles. The van der Waals surface area contributed by atoms with Crippen molar-refractivity contribution >= 4 is 16.1 Å². The van der Waals surface area contributed by atoms with Crippen LogP contribution in [0.2, 0.25) is 0 Å². The lowest BCUT2D eigenvalue weighted by atomic mass is 9.80. The van der Waals surface area contributed by atoms with Gasteiger partial charge in [-0.05, 0) is 71.7 Å². The molecule has 0 radical (unpaired) electrons. The Kier molecular flexibility index (Phi) is 12.2. The number of hydrogen-bond donors (Lipinski definition) is 6. The summed E-state index contributed by atoms with van der Waals surface area (Å²) in [6, 6.07) is 4.90. The van der Waals surface area contributed by atoms with Crippen LogP contribution in [0.5, 0.6) is 0 Å². The van der Waals surface area contributed by atoms with Crippen molar-refractivity contribution in [1.29, 1.82) is 0 Å². The highest BCUT2D eigenvalue weighted by Gasteiger charge is 2.54. The summed E-state index contributed by atoms with van der Waals surface area (Å²) >= 11 is 0. The number of nitrogens with two attached hydrogens (primary N) is 1. The molecule has 1 saturated heterocycles. The van der Waals surface area contributed by atoms with Crippen LogP contribution in [-0.4, -0.2) is 128 Å². The molecule has 48 heavy (non-hydrogen) atoms. The Balaban J connectivity index is 1.52. The smallest absolute Gasteiger partial charge is 0.408 e. The van der Waals surface area contributed by atoms with Crippen LogP contribution in [0.3, 0.4) is 0 Å². The number of rotatable bonds is 10. The van der Waals surface area contributed by atoms with Gasteiger partial charge in [-0.1, -0.05) is 25.1 Å². The van der Waals surface area contributed by atoms with Crippen LogP contribution in [0.1, 0.15) is 47.5 Å². The number of nitrogens with one attached hydrogen (secondary N) is 2. The zero-order valence-corrected chi connectivity index (χ0v) is 29.4. The number of amides is 1. The first-order valence-electron chi connectivity index (χ1n) is 16.1. The van der Waals surface area contributed by atoms with E-state index in [1.165, 1.54) is 26.1 Å². The van der Waals surface area contributed by atoms with Crippen LogP contribution in [0.15, 0.2) is 47.1 Å². The number of nitrogens with zero attached hydrogens (tertiary/aromatic N) is 1. The molecule has 7 N–H and O–H groups in total. The van der Waals surface area contributed by atoms with Gasteiger partial charge >= 0.3 is 6.09 Å². The van der Waals surface area contributed by atoms with Crippen molar-refractivity contribution in [2.24, 2.45) is 11.7 Å². The number of carbonyl (C=O) groups is 1. The predicted molar refractivity (Wildman–Crippen MR) is 174 cm³/mol. The first-order valence-corrected chi connectivity index (χ1v) is 17.6. The molecule has 3 aliphatic rings. The lowest BCUT2D eigenvalue weighted by molar-refractivity contribution is -0.310. The predicted octanol–water partition coefficient (Wildman–Crippen LogP) is 0.385. The number of likely N-dealkylation sites (N-methyl/N-ethyl adjacent to an activating group) is 2. The molecule has 0 aromatic heterocycles. The average Bonchev–Trinajstić information content (AvgIpc) is 2.99. The van der Waals surface area contributed by atoms with Gasteiger partial charge in [-0.25, -0.2) is 13.2 Å². The maximum Gasteiger partial charge on any atom is 0.408 e. The standard InChI is InChI=1S/C32H52N4O11S/c1-18-15-21(33)26(23(37)25(18)45-28-22(14-13-19(44-28)16-34-6)35-30(39)47-31(2,3)4)46-29-24(38)27(32(5,40)17-43-29)36(7)48(41,42)20-11-9-8-10-12-20/h8-13,18,21-29,34,37-38,40H,14-17,33H2,1-7H3,(H,35,39)/t18-,21+,22+,23-,24+,25+,26-,27+,28+,29+,32-/m0/s1. The Bertz CT molecular complexity index is 1370. The fourth-order valence-electron chi connectivity index (χ4n) is 6.41. The van der Waals surface area contributed by atoms with Gasteiger partial charge in [0.15, 0.2) is 6.29 Å². The molecule has 1 aliphatic carbocycles. The number of benzene rings is 1. The topological polar surface area (TPSA) is 211 Å². The van der Waals surface area contributed by atoms with Crippen LogP contribution in [-0.2, 0) is 33.7 Å². The molecule has 1 aromatic carbocycles. The van der Waals surface area contributed by atoms with Crippen molar-refractivity contribution in [3.05, 3.63) is 42.2 Å². The lowest BCUT2D eigenvalue weighted by Crippen LogP contribution is -2.68. The molecule has 1 aromatic rings. The van der Waals surface area contributed by atoms with Gasteiger partial charge in [0.1, 0.15) is 35.3 Å². The molecule has 0 spiro atoms. The van der Waals surface area contributed by atoms with Gasteiger partial charge < -0.3 is 55.4 Å². The van der Waals surface area contributed by atoms with Gasteiger partial charge in [-0.3, -0.25) is 0 Å². The molecule has 4 rings (SSSR count). The number of aliphatic hydroxyl groups is 3. The zero-order chi connectivity index (χ0) is 35.6. The summed E-state index contributed by atoms with van der Waals surface area (Å²) in [5, 5.41) is 40.1. The summed E-state index contributed by atoms with van der Waals surface area (Å²) in [5.74, 6) is 0.311. The molecule has 15 nitrogen and oxygen atoms in total. The minimum absolute atomic E-state index is 0.0183. The van der Waals surface area contributed by atoms with Crippen LogP contribution in [0.25, 0.3) is 0 Å². The quantitative estimate of drug-likeness (QED) is 0.195. The van der Waals surface area contributed by atoms with Gasteiger partial charge in [0.2, 0.25) is 16.3 Å². The van der Waals surface area contributed by atoms with Gasteiger partial charge in [0.25, 0.3) is 0 Å². The van der Waals surface area contributed by atoms with E-state index >= 15 is 0 Å². The molecule has 0 unspecified atom stereocenters. The highest BCUT2D eigenvalue weighted by atomic mass is 32.2.